The maximum atomic E-state index is 12.2. The fourth-order valence-electron chi connectivity index (χ4n) is 2.25. The number of nitrogens with one attached hydrogen (secondary N) is 1. The summed E-state index contributed by atoms with van der Waals surface area (Å²) in [5, 5.41) is 3.12. The third kappa shape index (κ3) is 2.73. The maximum absolute atomic E-state index is 12.2. The normalized spacial score (nSPS) is 12.3. The Labute approximate surface area is 142 Å². The molecule has 0 aliphatic carbocycles. The summed E-state index contributed by atoms with van der Waals surface area (Å²) >= 11 is 6.93. The largest absolute Gasteiger partial charge is 0.464 e. The topological polar surface area (TPSA) is 55.6 Å². The van der Waals surface area contributed by atoms with Gasteiger partial charge in [0.2, 0.25) is 0 Å². The number of thiazole rings is 1. The molecule has 118 valence electrons. The number of fused-ring (bicyclic) bond motifs is 1. The van der Waals surface area contributed by atoms with Crippen LogP contribution in [0, 0.1) is 18.5 Å². The standard InChI is InChI=1S/C16H15N3O2S2/c1-9-10(2)19-14(22)13(23-16(19)17-9)12(15(20)21-3)18-11-7-5-4-6-8-11/h4-8,18H,1-3H3/b13-12-. The number of nitrogens with zero attached hydrogens (tertiary/aromatic N) is 2. The number of ether oxygens (including phenoxy) is 1. The van der Waals surface area contributed by atoms with Crippen molar-refractivity contribution in [1.82, 2.24) is 9.38 Å². The first kappa shape index (κ1) is 15.6. The zero-order chi connectivity index (χ0) is 16.6. The number of carbonyl (C=O) groups excluding carboxylic acids is 1. The lowest BCUT2D eigenvalue weighted by molar-refractivity contribution is -0.133. The van der Waals surface area contributed by atoms with Crippen molar-refractivity contribution in [2.24, 2.45) is 0 Å². The van der Waals surface area contributed by atoms with E-state index < -0.39 is 5.97 Å². The average Bonchev–Trinajstić information content (AvgIpc) is 3.02. The molecule has 0 unspecified atom stereocenters. The Morgan fingerprint density at radius 3 is 2.61 bits per heavy atom. The highest BCUT2D eigenvalue weighted by molar-refractivity contribution is 7.71. The van der Waals surface area contributed by atoms with Crippen LogP contribution in [0.3, 0.4) is 0 Å². The molecule has 0 spiro atoms. The first-order valence-electron chi connectivity index (χ1n) is 6.96. The summed E-state index contributed by atoms with van der Waals surface area (Å²) < 4.78 is 8.02. The minimum atomic E-state index is -0.459. The summed E-state index contributed by atoms with van der Waals surface area (Å²) in [6.07, 6.45) is 0. The van der Waals surface area contributed by atoms with Crippen molar-refractivity contribution in [3.63, 3.8) is 0 Å². The van der Waals surface area contributed by atoms with Crippen LogP contribution in [0.4, 0.5) is 5.69 Å². The molecule has 1 N–H and O–H groups in total. The van der Waals surface area contributed by atoms with Gasteiger partial charge in [-0.05, 0) is 26.0 Å². The molecule has 2 heterocycles. The molecule has 0 fully saturated rings. The number of para-hydroxylation sites is 1. The predicted molar refractivity (Wildman–Crippen MR) is 94.1 cm³/mol. The molecule has 0 aliphatic heterocycles. The van der Waals surface area contributed by atoms with Gasteiger partial charge >= 0.3 is 5.97 Å². The number of esters is 1. The summed E-state index contributed by atoms with van der Waals surface area (Å²) in [6.45, 7) is 3.90. The van der Waals surface area contributed by atoms with Gasteiger partial charge in [0.05, 0.1) is 17.3 Å². The molecule has 3 aromatic rings. The molecule has 1 aromatic carbocycles. The van der Waals surface area contributed by atoms with Crippen LogP contribution in [-0.2, 0) is 9.53 Å². The van der Waals surface area contributed by atoms with E-state index in [1.165, 1.54) is 18.4 Å². The van der Waals surface area contributed by atoms with E-state index in [2.05, 4.69) is 10.3 Å². The van der Waals surface area contributed by atoms with Gasteiger partial charge in [-0.2, -0.15) is 0 Å². The molecule has 0 radical (unpaired) electrons. The third-order valence-electron chi connectivity index (χ3n) is 3.56. The average molecular weight is 345 g/mol. The van der Waals surface area contributed by atoms with Gasteiger partial charge in [0.15, 0.2) is 4.96 Å². The van der Waals surface area contributed by atoms with E-state index in [4.69, 9.17) is 17.0 Å². The summed E-state index contributed by atoms with van der Waals surface area (Å²) in [4.78, 5) is 17.5. The van der Waals surface area contributed by atoms with Gasteiger partial charge in [0, 0.05) is 11.4 Å². The number of aromatic nitrogens is 2. The Hall–Kier alpha value is -2.25. The first-order valence-corrected chi connectivity index (χ1v) is 8.18. The first-order chi connectivity index (χ1) is 11.0. The van der Waals surface area contributed by atoms with Crippen molar-refractivity contribution in [2.45, 2.75) is 13.8 Å². The monoisotopic (exact) mass is 345 g/mol. The van der Waals surface area contributed by atoms with E-state index in [1.807, 2.05) is 48.6 Å². The van der Waals surface area contributed by atoms with Gasteiger partial charge in [-0.1, -0.05) is 41.8 Å². The third-order valence-corrected chi connectivity index (χ3v) is 5.14. The molecule has 0 saturated heterocycles. The minimum Gasteiger partial charge on any atom is -0.464 e. The second kappa shape index (κ2) is 6.10. The van der Waals surface area contributed by atoms with Crippen LogP contribution >= 0.6 is 23.6 Å². The van der Waals surface area contributed by atoms with E-state index in [0.29, 0.717) is 14.9 Å². The second-order valence-corrected chi connectivity index (χ2v) is 6.36. The lowest BCUT2D eigenvalue weighted by atomic mass is 10.3. The zero-order valence-corrected chi connectivity index (χ0v) is 14.5. The van der Waals surface area contributed by atoms with E-state index in [-0.39, 0.29) is 0 Å². The fraction of sp³-hybridized carbons (Fsp3) is 0.188. The molecular weight excluding hydrogens is 330 g/mol. The summed E-state index contributed by atoms with van der Waals surface area (Å²) in [6, 6.07) is 9.44. The highest BCUT2D eigenvalue weighted by atomic mass is 32.1. The Morgan fingerprint density at radius 2 is 2.00 bits per heavy atom. The Kier molecular flexibility index (Phi) is 4.14. The van der Waals surface area contributed by atoms with Gasteiger partial charge in [0.1, 0.15) is 10.3 Å². The van der Waals surface area contributed by atoms with Crippen molar-refractivity contribution >= 4 is 45.9 Å². The number of hydrogen-bond acceptors (Lipinski definition) is 6. The van der Waals surface area contributed by atoms with Crippen LogP contribution in [0.25, 0.3) is 10.7 Å². The SMILES string of the molecule is COC(=O)/C(Nc1ccccc1)=c1/sc2nc(C)c(C)n2c1=S. The molecule has 23 heavy (non-hydrogen) atoms. The number of rotatable bonds is 3. The minimum absolute atomic E-state index is 0.330. The molecule has 7 heteroatoms. The highest BCUT2D eigenvalue weighted by Crippen LogP contribution is 2.17. The Bertz CT molecular complexity index is 990. The maximum Gasteiger partial charge on any atom is 0.356 e. The highest BCUT2D eigenvalue weighted by Gasteiger charge is 2.17. The van der Waals surface area contributed by atoms with Gasteiger partial charge in [-0.3, -0.25) is 4.40 Å². The van der Waals surface area contributed by atoms with Crippen LogP contribution in [-0.4, -0.2) is 22.5 Å². The molecule has 0 atom stereocenters. The van der Waals surface area contributed by atoms with Crippen molar-refractivity contribution in [3.8, 4) is 0 Å². The van der Waals surface area contributed by atoms with Crippen molar-refractivity contribution < 1.29 is 9.53 Å². The lowest BCUT2D eigenvalue weighted by Gasteiger charge is -2.07. The fourth-order valence-corrected chi connectivity index (χ4v) is 3.86. The summed E-state index contributed by atoms with van der Waals surface area (Å²) in [5.41, 5.74) is 3.04. The van der Waals surface area contributed by atoms with Gasteiger partial charge in [0.25, 0.3) is 0 Å². The number of hydrogen-bond donors (Lipinski definition) is 1. The number of imidazole rings is 1. The summed E-state index contributed by atoms with van der Waals surface area (Å²) in [5.74, 6) is -0.459. The number of carbonyl (C=O) groups is 1. The van der Waals surface area contributed by atoms with Gasteiger partial charge in [-0.25, -0.2) is 9.78 Å². The number of aryl methyl sites for hydroxylation is 2. The predicted octanol–water partition coefficient (Wildman–Crippen LogP) is 2.85. The number of benzene rings is 1. The second-order valence-electron chi connectivity index (χ2n) is 4.99. The van der Waals surface area contributed by atoms with Gasteiger partial charge in [-0.15, -0.1) is 0 Å². The smallest absolute Gasteiger partial charge is 0.356 e. The molecule has 5 nitrogen and oxygen atoms in total. The molecule has 0 saturated carbocycles. The molecule has 3 rings (SSSR count). The van der Waals surface area contributed by atoms with E-state index in [9.17, 15) is 4.79 Å². The Morgan fingerprint density at radius 1 is 1.30 bits per heavy atom. The van der Waals surface area contributed by atoms with Crippen LogP contribution in [0.1, 0.15) is 11.4 Å². The van der Waals surface area contributed by atoms with E-state index in [0.717, 1.165) is 22.0 Å². The van der Waals surface area contributed by atoms with Crippen molar-refractivity contribution in [2.75, 3.05) is 12.4 Å². The Balaban J connectivity index is 2.26. The van der Waals surface area contributed by atoms with Crippen LogP contribution in [0.5, 0.6) is 0 Å². The summed E-state index contributed by atoms with van der Waals surface area (Å²) in [7, 11) is 1.35. The molecule has 0 bridgehead atoms. The number of anilines is 1. The molecule has 2 aromatic heterocycles. The van der Waals surface area contributed by atoms with Crippen LogP contribution in [0.2, 0.25) is 0 Å². The molecule has 0 aliphatic rings. The van der Waals surface area contributed by atoms with Crippen molar-refractivity contribution in [1.29, 1.82) is 0 Å². The molecular formula is C16H15N3O2S2. The number of methoxy groups -OCH3 is 1. The lowest BCUT2D eigenvalue weighted by Crippen LogP contribution is -2.20. The zero-order valence-electron chi connectivity index (χ0n) is 12.9. The van der Waals surface area contributed by atoms with Gasteiger partial charge < -0.3 is 10.1 Å². The van der Waals surface area contributed by atoms with Crippen LogP contribution < -0.4 is 9.85 Å². The quantitative estimate of drug-likeness (QED) is 0.584. The van der Waals surface area contributed by atoms with Crippen LogP contribution in [0.15, 0.2) is 30.3 Å². The van der Waals surface area contributed by atoms with E-state index in [1.54, 1.807) is 0 Å². The van der Waals surface area contributed by atoms with E-state index >= 15 is 0 Å². The molecule has 0 amide bonds. The van der Waals surface area contributed by atoms with Crippen molar-refractivity contribution in [3.05, 3.63) is 50.9 Å².